The van der Waals surface area contributed by atoms with Crippen molar-refractivity contribution in [1.82, 2.24) is 0 Å². The Morgan fingerprint density at radius 3 is 2.19 bits per heavy atom. The molecule has 0 saturated heterocycles. The highest BCUT2D eigenvalue weighted by molar-refractivity contribution is 5.70. The first-order valence-corrected chi connectivity index (χ1v) is 8.66. The zero-order valence-electron chi connectivity index (χ0n) is 15.6. The minimum Gasteiger partial charge on any atom is -0.482 e. The van der Waals surface area contributed by atoms with Gasteiger partial charge in [-0.1, -0.05) is 26.0 Å². The summed E-state index contributed by atoms with van der Waals surface area (Å²) in [6, 6.07) is 7.66. The Bertz CT molecular complexity index is 486. The molecule has 0 aromatic heterocycles. The molecule has 150 valence electrons. The van der Waals surface area contributed by atoms with E-state index in [1.165, 1.54) is 12.7 Å². The average Bonchev–Trinajstić information content (AvgIpc) is 2.62. The van der Waals surface area contributed by atoms with Crippen LogP contribution in [-0.4, -0.2) is 32.4 Å². The van der Waals surface area contributed by atoms with Crippen molar-refractivity contribution in [2.24, 2.45) is 5.92 Å². The third-order valence-electron chi connectivity index (χ3n) is 4.17. The molecule has 26 heavy (non-hydrogen) atoms. The summed E-state index contributed by atoms with van der Waals surface area (Å²) in [4.78, 5) is 10.8. The first kappa shape index (κ1) is 24.2. The van der Waals surface area contributed by atoms with Gasteiger partial charge in [0.05, 0.1) is 13.2 Å². The SMILES string of the molecule is CC1CCC(OC(F)F)CC1.CCc1ccc(OCC(=O)OC)cc1.F. The Labute approximate surface area is 153 Å². The van der Waals surface area contributed by atoms with Crippen LogP contribution in [0.3, 0.4) is 0 Å². The van der Waals surface area contributed by atoms with Crippen LogP contribution >= 0.6 is 0 Å². The number of hydrogen-bond donors (Lipinski definition) is 0. The molecule has 7 heteroatoms. The highest BCUT2D eigenvalue weighted by Gasteiger charge is 2.21. The second kappa shape index (κ2) is 13.4. The van der Waals surface area contributed by atoms with Gasteiger partial charge in [0, 0.05) is 0 Å². The maximum absolute atomic E-state index is 11.7. The topological polar surface area (TPSA) is 44.8 Å². The second-order valence-corrected chi connectivity index (χ2v) is 6.14. The fourth-order valence-electron chi connectivity index (χ4n) is 2.53. The van der Waals surface area contributed by atoms with Crippen molar-refractivity contribution in [3.63, 3.8) is 0 Å². The smallest absolute Gasteiger partial charge is 0.345 e. The number of ether oxygens (including phenoxy) is 3. The zero-order valence-corrected chi connectivity index (χ0v) is 15.6. The van der Waals surface area contributed by atoms with E-state index < -0.39 is 6.61 Å². The van der Waals surface area contributed by atoms with Crippen LogP contribution in [-0.2, 0) is 20.7 Å². The minimum atomic E-state index is -2.59. The number of rotatable bonds is 6. The zero-order chi connectivity index (χ0) is 18.7. The van der Waals surface area contributed by atoms with Crippen LogP contribution in [0.1, 0.15) is 45.1 Å². The molecule has 0 radical (unpaired) electrons. The van der Waals surface area contributed by atoms with Gasteiger partial charge in [0.25, 0.3) is 0 Å². The maximum atomic E-state index is 11.7. The Hall–Kier alpha value is -1.76. The quantitative estimate of drug-likeness (QED) is 0.670. The monoisotopic (exact) mass is 378 g/mol. The standard InChI is InChI=1S/C11H14O3.C8H14F2O.FH/c1-3-9-4-6-10(7-5-9)14-8-11(12)13-2;1-6-2-4-7(5-3-6)11-8(9)10;/h4-7H,3,8H2,1-2H3;6-8H,2-5H2,1H3;1H. The van der Waals surface area contributed by atoms with E-state index in [2.05, 4.69) is 23.3 Å². The Balaban J connectivity index is 0.000000475. The fourth-order valence-corrected chi connectivity index (χ4v) is 2.53. The number of carbonyl (C=O) groups excluding carboxylic acids is 1. The fraction of sp³-hybridized carbons (Fsp3) is 0.632. The second-order valence-electron chi connectivity index (χ2n) is 6.14. The molecule has 1 aromatic carbocycles. The summed E-state index contributed by atoms with van der Waals surface area (Å²) in [7, 11) is 1.34. The molecular weight excluding hydrogens is 349 g/mol. The van der Waals surface area contributed by atoms with Crippen LogP contribution in [0.25, 0.3) is 0 Å². The molecule has 1 aliphatic rings. The summed E-state index contributed by atoms with van der Waals surface area (Å²) in [5, 5.41) is 0. The third-order valence-corrected chi connectivity index (χ3v) is 4.17. The van der Waals surface area contributed by atoms with E-state index in [9.17, 15) is 13.6 Å². The molecular formula is C19H29F3O4. The number of alkyl halides is 2. The summed E-state index contributed by atoms with van der Waals surface area (Å²) in [5.74, 6) is 1.00. The summed E-state index contributed by atoms with van der Waals surface area (Å²) >= 11 is 0. The summed E-state index contributed by atoms with van der Waals surface area (Å²) in [6.07, 6.45) is 4.45. The summed E-state index contributed by atoms with van der Waals surface area (Å²) < 4.78 is 37.4. The highest BCUT2D eigenvalue weighted by Crippen LogP contribution is 2.26. The molecule has 0 spiro atoms. The Morgan fingerprint density at radius 2 is 1.73 bits per heavy atom. The first-order valence-electron chi connectivity index (χ1n) is 8.66. The van der Waals surface area contributed by atoms with E-state index in [1.807, 2.05) is 24.3 Å². The van der Waals surface area contributed by atoms with Gasteiger partial charge in [-0.2, -0.15) is 8.78 Å². The van der Waals surface area contributed by atoms with Gasteiger partial charge >= 0.3 is 12.6 Å². The average molecular weight is 378 g/mol. The number of esters is 1. The highest BCUT2D eigenvalue weighted by atomic mass is 19.3. The van der Waals surface area contributed by atoms with Crippen molar-refractivity contribution in [3.8, 4) is 5.75 Å². The number of aryl methyl sites for hydroxylation is 1. The molecule has 1 fully saturated rings. The van der Waals surface area contributed by atoms with Crippen LogP contribution in [0.2, 0.25) is 0 Å². The lowest BCUT2D eigenvalue weighted by atomic mass is 9.89. The lowest BCUT2D eigenvalue weighted by Crippen LogP contribution is -2.22. The molecule has 1 aliphatic carbocycles. The molecule has 4 nitrogen and oxygen atoms in total. The summed E-state index contributed by atoms with van der Waals surface area (Å²) in [5.41, 5.74) is 1.25. The summed E-state index contributed by atoms with van der Waals surface area (Å²) in [6.45, 7) is 1.61. The molecule has 0 atom stereocenters. The maximum Gasteiger partial charge on any atom is 0.345 e. The van der Waals surface area contributed by atoms with Gasteiger partial charge in [0.2, 0.25) is 0 Å². The molecule has 2 rings (SSSR count). The normalized spacial score (nSPS) is 19.0. The van der Waals surface area contributed by atoms with Crippen LogP contribution < -0.4 is 4.74 Å². The van der Waals surface area contributed by atoms with Crippen LogP contribution in [0.4, 0.5) is 13.5 Å². The molecule has 0 unspecified atom stereocenters. The Kier molecular flexibility index (Phi) is 12.5. The van der Waals surface area contributed by atoms with E-state index in [-0.39, 0.29) is 23.4 Å². The lowest BCUT2D eigenvalue weighted by Gasteiger charge is -2.25. The van der Waals surface area contributed by atoms with Crippen molar-refractivity contribution in [1.29, 1.82) is 0 Å². The third kappa shape index (κ3) is 10.3. The number of methoxy groups -OCH3 is 1. The molecule has 1 aromatic rings. The minimum absolute atomic E-state index is 0. The van der Waals surface area contributed by atoms with Crippen LogP contribution in [0.15, 0.2) is 24.3 Å². The molecule has 0 amide bonds. The van der Waals surface area contributed by atoms with Crippen molar-refractivity contribution in [2.75, 3.05) is 13.7 Å². The van der Waals surface area contributed by atoms with E-state index >= 15 is 0 Å². The molecule has 0 heterocycles. The largest absolute Gasteiger partial charge is 0.482 e. The van der Waals surface area contributed by atoms with E-state index in [0.29, 0.717) is 11.7 Å². The number of carbonyl (C=O) groups is 1. The lowest BCUT2D eigenvalue weighted by molar-refractivity contribution is -0.171. The number of hydrogen-bond acceptors (Lipinski definition) is 4. The van der Waals surface area contributed by atoms with Crippen molar-refractivity contribution in [2.45, 2.75) is 58.7 Å². The van der Waals surface area contributed by atoms with Crippen LogP contribution in [0.5, 0.6) is 5.75 Å². The van der Waals surface area contributed by atoms with E-state index in [4.69, 9.17) is 4.74 Å². The van der Waals surface area contributed by atoms with Gasteiger partial charge in [0.15, 0.2) is 6.61 Å². The van der Waals surface area contributed by atoms with Gasteiger partial charge in [-0.25, -0.2) is 4.79 Å². The van der Waals surface area contributed by atoms with Gasteiger partial charge in [-0.15, -0.1) is 0 Å². The van der Waals surface area contributed by atoms with Crippen molar-refractivity contribution in [3.05, 3.63) is 29.8 Å². The molecule has 0 N–H and O–H groups in total. The molecule has 0 aliphatic heterocycles. The van der Waals surface area contributed by atoms with E-state index in [0.717, 1.165) is 32.1 Å². The van der Waals surface area contributed by atoms with Gasteiger partial charge in [0.1, 0.15) is 5.75 Å². The Morgan fingerprint density at radius 1 is 1.15 bits per heavy atom. The molecule has 0 bridgehead atoms. The first-order chi connectivity index (χ1) is 11.9. The van der Waals surface area contributed by atoms with Gasteiger partial charge in [-0.05, 0) is 55.7 Å². The van der Waals surface area contributed by atoms with Gasteiger partial charge < -0.3 is 14.2 Å². The number of halogens is 3. The molecule has 1 saturated carbocycles. The predicted molar refractivity (Wildman–Crippen MR) is 94.3 cm³/mol. The van der Waals surface area contributed by atoms with Crippen LogP contribution in [0, 0.1) is 5.92 Å². The van der Waals surface area contributed by atoms with Gasteiger partial charge in [-0.3, -0.25) is 4.70 Å². The van der Waals surface area contributed by atoms with E-state index in [1.54, 1.807) is 0 Å². The number of benzene rings is 1. The predicted octanol–water partition coefficient (Wildman–Crippen LogP) is 4.76. The van der Waals surface area contributed by atoms with Crippen molar-refractivity contribution < 1.29 is 32.5 Å². The van der Waals surface area contributed by atoms with Crippen molar-refractivity contribution >= 4 is 5.97 Å².